The van der Waals surface area contributed by atoms with Crippen molar-refractivity contribution < 1.29 is 4.79 Å². The van der Waals surface area contributed by atoms with E-state index in [4.69, 9.17) is 0 Å². The molecule has 1 aliphatic rings. The van der Waals surface area contributed by atoms with Crippen LogP contribution in [0.5, 0.6) is 0 Å². The van der Waals surface area contributed by atoms with Gasteiger partial charge in [-0.2, -0.15) is 0 Å². The molecule has 1 aromatic rings. The summed E-state index contributed by atoms with van der Waals surface area (Å²) in [4.78, 5) is 14.3. The minimum atomic E-state index is 0.113. The number of hydrogen-bond donors (Lipinski definition) is 1. The maximum absolute atomic E-state index is 11.9. The molecule has 1 aromatic carbocycles. The molecule has 1 aliphatic heterocycles. The van der Waals surface area contributed by atoms with E-state index in [0.717, 1.165) is 31.2 Å². The van der Waals surface area contributed by atoms with Crippen molar-refractivity contribution in [2.45, 2.75) is 33.1 Å². The first kappa shape index (κ1) is 14.1. The number of rotatable bonds is 4. The lowest BCUT2D eigenvalue weighted by molar-refractivity contribution is -0.116. The topological polar surface area (TPSA) is 32.3 Å². The van der Waals surface area contributed by atoms with Crippen molar-refractivity contribution in [3.8, 4) is 0 Å². The SMILES string of the molecule is Cc1ccc(NC(=O)CCN2CCC[C@@H](C)C2)cc1. The average Bonchev–Trinajstić information content (AvgIpc) is 2.39. The molecule has 19 heavy (non-hydrogen) atoms. The maximum Gasteiger partial charge on any atom is 0.225 e. The summed E-state index contributed by atoms with van der Waals surface area (Å²) in [7, 11) is 0. The summed E-state index contributed by atoms with van der Waals surface area (Å²) in [5, 5.41) is 2.95. The Morgan fingerprint density at radius 3 is 2.79 bits per heavy atom. The summed E-state index contributed by atoms with van der Waals surface area (Å²) in [5.41, 5.74) is 2.10. The number of hydrogen-bond acceptors (Lipinski definition) is 2. The molecule has 2 rings (SSSR count). The first-order valence-electron chi connectivity index (χ1n) is 7.22. The lowest BCUT2D eigenvalue weighted by Crippen LogP contribution is -2.36. The van der Waals surface area contributed by atoms with Crippen LogP contribution < -0.4 is 5.32 Å². The summed E-state index contributed by atoms with van der Waals surface area (Å²) >= 11 is 0. The van der Waals surface area contributed by atoms with Gasteiger partial charge in [0.1, 0.15) is 0 Å². The van der Waals surface area contributed by atoms with Gasteiger partial charge in [-0.3, -0.25) is 4.79 Å². The first-order valence-corrected chi connectivity index (χ1v) is 7.22. The number of likely N-dealkylation sites (tertiary alicyclic amines) is 1. The molecule has 1 N–H and O–H groups in total. The van der Waals surface area contributed by atoms with Gasteiger partial charge in [-0.05, 0) is 44.4 Å². The van der Waals surface area contributed by atoms with E-state index in [1.807, 2.05) is 31.2 Å². The van der Waals surface area contributed by atoms with Crippen LogP contribution in [0, 0.1) is 12.8 Å². The van der Waals surface area contributed by atoms with Gasteiger partial charge < -0.3 is 10.2 Å². The van der Waals surface area contributed by atoms with Crippen LogP contribution in [0.1, 0.15) is 31.7 Å². The predicted octanol–water partition coefficient (Wildman–Crippen LogP) is 3.06. The Balaban J connectivity index is 1.73. The minimum Gasteiger partial charge on any atom is -0.326 e. The molecule has 0 saturated carbocycles. The van der Waals surface area contributed by atoms with Gasteiger partial charge in [0, 0.05) is 25.2 Å². The average molecular weight is 260 g/mol. The van der Waals surface area contributed by atoms with Gasteiger partial charge in [-0.1, -0.05) is 24.6 Å². The number of carbonyl (C=O) groups excluding carboxylic acids is 1. The molecule has 0 aromatic heterocycles. The smallest absolute Gasteiger partial charge is 0.225 e. The van der Waals surface area contributed by atoms with E-state index in [1.165, 1.54) is 18.4 Å². The molecule has 0 unspecified atom stereocenters. The van der Waals surface area contributed by atoms with Crippen LogP contribution in [0.4, 0.5) is 5.69 Å². The van der Waals surface area contributed by atoms with Gasteiger partial charge in [0.05, 0.1) is 0 Å². The lowest BCUT2D eigenvalue weighted by atomic mass is 10.0. The molecule has 0 bridgehead atoms. The largest absolute Gasteiger partial charge is 0.326 e. The first-order chi connectivity index (χ1) is 9.13. The molecular weight excluding hydrogens is 236 g/mol. The fourth-order valence-corrected chi connectivity index (χ4v) is 2.61. The Labute approximate surface area is 116 Å². The van der Waals surface area contributed by atoms with E-state index in [9.17, 15) is 4.79 Å². The summed E-state index contributed by atoms with van der Waals surface area (Å²) < 4.78 is 0. The number of nitrogens with one attached hydrogen (secondary N) is 1. The summed E-state index contributed by atoms with van der Waals surface area (Å²) in [6.45, 7) is 7.49. The molecule has 3 heteroatoms. The standard InChI is InChI=1S/C16H24N2O/c1-13-5-7-15(8-6-13)17-16(19)9-11-18-10-3-4-14(2)12-18/h5-8,14H,3-4,9-12H2,1-2H3,(H,17,19)/t14-/m1/s1. The molecule has 1 amide bonds. The molecule has 1 atom stereocenters. The number of piperidine rings is 1. The highest BCUT2D eigenvalue weighted by Crippen LogP contribution is 2.15. The second-order valence-corrected chi connectivity index (χ2v) is 5.71. The molecule has 0 aliphatic carbocycles. The Kier molecular flexibility index (Phi) is 4.97. The van der Waals surface area contributed by atoms with Gasteiger partial charge >= 0.3 is 0 Å². The number of nitrogens with zero attached hydrogens (tertiary/aromatic N) is 1. The Morgan fingerprint density at radius 2 is 2.11 bits per heavy atom. The Morgan fingerprint density at radius 1 is 1.37 bits per heavy atom. The van der Waals surface area contributed by atoms with Crippen molar-refractivity contribution in [1.82, 2.24) is 4.90 Å². The highest BCUT2D eigenvalue weighted by Gasteiger charge is 2.16. The van der Waals surface area contributed by atoms with Crippen molar-refractivity contribution in [2.24, 2.45) is 5.92 Å². The molecule has 1 heterocycles. The van der Waals surface area contributed by atoms with Gasteiger partial charge in [-0.25, -0.2) is 0 Å². The summed E-state index contributed by atoms with van der Waals surface area (Å²) in [6, 6.07) is 7.94. The maximum atomic E-state index is 11.9. The van der Waals surface area contributed by atoms with Crippen LogP contribution in [0.2, 0.25) is 0 Å². The highest BCUT2D eigenvalue weighted by molar-refractivity contribution is 5.90. The Hall–Kier alpha value is -1.35. The zero-order chi connectivity index (χ0) is 13.7. The van der Waals surface area contributed by atoms with E-state index in [1.54, 1.807) is 0 Å². The molecule has 3 nitrogen and oxygen atoms in total. The highest BCUT2D eigenvalue weighted by atomic mass is 16.1. The summed E-state index contributed by atoms with van der Waals surface area (Å²) in [5.74, 6) is 0.885. The second kappa shape index (κ2) is 6.71. The van der Waals surface area contributed by atoms with Crippen LogP contribution >= 0.6 is 0 Å². The molecule has 0 spiro atoms. The number of benzene rings is 1. The second-order valence-electron chi connectivity index (χ2n) is 5.71. The number of aryl methyl sites for hydroxylation is 1. The van der Waals surface area contributed by atoms with Gasteiger partial charge in [-0.15, -0.1) is 0 Å². The summed E-state index contributed by atoms with van der Waals surface area (Å²) in [6.07, 6.45) is 3.17. The molecule has 0 radical (unpaired) electrons. The zero-order valence-corrected chi connectivity index (χ0v) is 12.0. The van der Waals surface area contributed by atoms with E-state index in [2.05, 4.69) is 17.1 Å². The van der Waals surface area contributed by atoms with E-state index in [0.29, 0.717) is 6.42 Å². The fourth-order valence-electron chi connectivity index (χ4n) is 2.61. The van der Waals surface area contributed by atoms with Crippen LogP contribution in [0.25, 0.3) is 0 Å². The van der Waals surface area contributed by atoms with Crippen molar-refractivity contribution in [3.63, 3.8) is 0 Å². The van der Waals surface area contributed by atoms with Gasteiger partial charge in [0.2, 0.25) is 5.91 Å². The Bertz CT molecular complexity index is 413. The molecule has 104 valence electrons. The minimum absolute atomic E-state index is 0.113. The predicted molar refractivity (Wildman–Crippen MR) is 79.3 cm³/mol. The normalized spacial score (nSPS) is 20.2. The van der Waals surface area contributed by atoms with Crippen LogP contribution in [0.15, 0.2) is 24.3 Å². The van der Waals surface area contributed by atoms with Crippen LogP contribution in [-0.2, 0) is 4.79 Å². The third-order valence-corrected chi connectivity index (χ3v) is 3.73. The van der Waals surface area contributed by atoms with E-state index in [-0.39, 0.29) is 5.91 Å². The van der Waals surface area contributed by atoms with Crippen molar-refractivity contribution in [1.29, 1.82) is 0 Å². The van der Waals surface area contributed by atoms with Crippen LogP contribution in [0.3, 0.4) is 0 Å². The van der Waals surface area contributed by atoms with Crippen molar-refractivity contribution in [2.75, 3.05) is 25.0 Å². The molecule has 1 saturated heterocycles. The number of carbonyl (C=O) groups is 1. The fraction of sp³-hybridized carbons (Fsp3) is 0.562. The molecule has 1 fully saturated rings. The zero-order valence-electron chi connectivity index (χ0n) is 12.0. The van der Waals surface area contributed by atoms with Crippen LogP contribution in [-0.4, -0.2) is 30.4 Å². The number of amides is 1. The van der Waals surface area contributed by atoms with Crippen molar-refractivity contribution in [3.05, 3.63) is 29.8 Å². The third-order valence-electron chi connectivity index (χ3n) is 3.73. The third kappa shape index (κ3) is 4.67. The van der Waals surface area contributed by atoms with Gasteiger partial charge in [0.25, 0.3) is 0 Å². The lowest BCUT2D eigenvalue weighted by Gasteiger charge is -2.30. The quantitative estimate of drug-likeness (QED) is 0.902. The van der Waals surface area contributed by atoms with E-state index < -0.39 is 0 Å². The molecular formula is C16H24N2O. The number of anilines is 1. The van der Waals surface area contributed by atoms with E-state index >= 15 is 0 Å². The monoisotopic (exact) mass is 260 g/mol. The van der Waals surface area contributed by atoms with Gasteiger partial charge in [0.15, 0.2) is 0 Å². The van der Waals surface area contributed by atoms with Crippen molar-refractivity contribution >= 4 is 11.6 Å².